The number of carbonyl (C=O) groups excluding carboxylic acids is 1. The normalized spacial score (nSPS) is 25.2. The highest BCUT2D eigenvalue weighted by Gasteiger charge is 2.37. The fourth-order valence-corrected chi connectivity index (χ4v) is 5.92. The maximum absolute atomic E-state index is 12.9. The predicted octanol–water partition coefficient (Wildman–Crippen LogP) is 1.82. The molecule has 1 aromatic carbocycles. The molecule has 3 atom stereocenters. The van der Waals surface area contributed by atoms with Crippen molar-refractivity contribution in [3.63, 3.8) is 0 Å². The van der Waals surface area contributed by atoms with Gasteiger partial charge in [-0.05, 0) is 31.0 Å². The predicted molar refractivity (Wildman–Crippen MR) is 134 cm³/mol. The number of amides is 1. The number of nitrogens with zero attached hydrogens (tertiary/aromatic N) is 5. The van der Waals surface area contributed by atoms with Crippen molar-refractivity contribution in [2.45, 2.75) is 26.4 Å². The lowest BCUT2D eigenvalue weighted by Crippen LogP contribution is -2.54. The largest absolute Gasteiger partial charge is 0.381 e. The number of rotatable bonds is 5. The van der Waals surface area contributed by atoms with Crippen LogP contribution in [0.25, 0.3) is 0 Å². The number of anilines is 2. The second kappa shape index (κ2) is 9.44. The Balaban J connectivity index is 1.20. The van der Waals surface area contributed by atoms with Gasteiger partial charge in [0.15, 0.2) is 5.82 Å². The summed E-state index contributed by atoms with van der Waals surface area (Å²) in [4.78, 5) is 19.6. The third kappa shape index (κ3) is 5.31. The van der Waals surface area contributed by atoms with Gasteiger partial charge < -0.3 is 14.5 Å². The van der Waals surface area contributed by atoms with Crippen LogP contribution >= 0.6 is 0 Å². The van der Waals surface area contributed by atoms with E-state index in [0.29, 0.717) is 24.9 Å². The summed E-state index contributed by atoms with van der Waals surface area (Å²) in [7, 11) is -3.44. The standard InChI is InChI=1S/C24H34N6O4S/c1-17-4-5-19(10-22(17)29-13-20-15-34-16-21(20)14-29)12-27-8-9-28(11-18(27)2)24(31)30-7-6-23(25-30)26-35(3,32)33/h4-7,10,18,20-21H,8-9,11-16H2,1-3H3,(H,25,26)/t18-,20?,21?/m1/s1. The van der Waals surface area contributed by atoms with Crippen LogP contribution in [0.2, 0.25) is 0 Å². The van der Waals surface area contributed by atoms with Gasteiger partial charge in [0.25, 0.3) is 0 Å². The zero-order valence-corrected chi connectivity index (χ0v) is 21.4. The van der Waals surface area contributed by atoms with Crippen molar-refractivity contribution in [1.29, 1.82) is 0 Å². The molecule has 1 N–H and O–H groups in total. The van der Waals surface area contributed by atoms with Gasteiger partial charge in [0, 0.05) is 75.1 Å². The number of fused-ring (bicyclic) bond motifs is 1. The van der Waals surface area contributed by atoms with Crippen molar-refractivity contribution in [3.05, 3.63) is 41.6 Å². The molecule has 190 valence electrons. The minimum absolute atomic E-state index is 0.136. The molecule has 4 heterocycles. The van der Waals surface area contributed by atoms with Gasteiger partial charge in [0.05, 0.1) is 19.5 Å². The van der Waals surface area contributed by atoms with Crippen LogP contribution < -0.4 is 9.62 Å². The van der Waals surface area contributed by atoms with E-state index in [2.05, 4.69) is 51.7 Å². The Kier molecular flexibility index (Phi) is 6.49. The van der Waals surface area contributed by atoms with Crippen LogP contribution in [0.1, 0.15) is 18.1 Å². The first-order chi connectivity index (χ1) is 16.7. The van der Waals surface area contributed by atoms with Gasteiger partial charge in [-0.15, -0.1) is 5.10 Å². The summed E-state index contributed by atoms with van der Waals surface area (Å²) in [5, 5.41) is 4.07. The molecular weight excluding hydrogens is 468 g/mol. The van der Waals surface area contributed by atoms with E-state index in [1.807, 2.05) is 0 Å². The molecule has 11 heteroatoms. The van der Waals surface area contributed by atoms with Crippen LogP contribution in [0.4, 0.5) is 16.3 Å². The zero-order chi connectivity index (χ0) is 24.7. The summed E-state index contributed by atoms with van der Waals surface area (Å²) in [6.45, 7) is 11.0. The van der Waals surface area contributed by atoms with E-state index in [4.69, 9.17) is 4.74 Å². The molecule has 0 saturated carbocycles. The lowest BCUT2D eigenvalue weighted by Gasteiger charge is -2.39. The molecule has 5 rings (SSSR count). The summed E-state index contributed by atoms with van der Waals surface area (Å²) in [5.41, 5.74) is 3.92. The van der Waals surface area contributed by atoms with Gasteiger partial charge in [-0.3, -0.25) is 9.62 Å². The maximum atomic E-state index is 12.9. The second-order valence-corrected chi connectivity index (χ2v) is 11.9. The van der Waals surface area contributed by atoms with Gasteiger partial charge in [-0.25, -0.2) is 13.2 Å². The smallest absolute Gasteiger partial charge is 0.344 e. The highest BCUT2D eigenvalue weighted by molar-refractivity contribution is 7.92. The van der Waals surface area contributed by atoms with Crippen molar-refractivity contribution in [2.24, 2.45) is 11.8 Å². The van der Waals surface area contributed by atoms with E-state index in [9.17, 15) is 13.2 Å². The van der Waals surface area contributed by atoms with Gasteiger partial charge in [0.1, 0.15) is 0 Å². The molecule has 0 bridgehead atoms. The average molecular weight is 503 g/mol. The maximum Gasteiger partial charge on any atom is 0.344 e. The molecule has 3 aliphatic heterocycles. The molecular formula is C24H34N6O4S. The number of aromatic nitrogens is 2. The van der Waals surface area contributed by atoms with Gasteiger partial charge >= 0.3 is 6.03 Å². The van der Waals surface area contributed by atoms with Crippen LogP contribution in [0.5, 0.6) is 0 Å². The molecule has 35 heavy (non-hydrogen) atoms. The third-order valence-electron chi connectivity index (χ3n) is 7.35. The van der Waals surface area contributed by atoms with E-state index >= 15 is 0 Å². The van der Waals surface area contributed by atoms with Crippen LogP contribution in [-0.4, -0.2) is 92.3 Å². The fraction of sp³-hybridized carbons (Fsp3) is 0.583. The molecule has 0 radical (unpaired) electrons. The molecule has 3 aliphatic rings. The second-order valence-electron chi connectivity index (χ2n) is 10.2. The lowest BCUT2D eigenvalue weighted by atomic mass is 10.0. The minimum Gasteiger partial charge on any atom is -0.381 e. The topological polar surface area (TPSA) is 100 Å². The van der Waals surface area contributed by atoms with E-state index in [1.54, 1.807) is 4.90 Å². The highest BCUT2D eigenvalue weighted by Crippen LogP contribution is 2.34. The molecule has 3 fully saturated rings. The highest BCUT2D eigenvalue weighted by atomic mass is 32.2. The number of hydrogen-bond acceptors (Lipinski definition) is 7. The van der Waals surface area contributed by atoms with Gasteiger partial charge in [-0.2, -0.15) is 4.68 Å². The summed E-state index contributed by atoms with van der Waals surface area (Å²) in [5.74, 6) is 1.44. The number of ether oxygens (including phenoxy) is 1. The molecule has 2 aromatic rings. The van der Waals surface area contributed by atoms with Crippen molar-refractivity contribution >= 4 is 27.6 Å². The quantitative estimate of drug-likeness (QED) is 0.666. The van der Waals surface area contributed by atoms with Crippen molar-refractivity contribution in [1.82, 2.24) is 19.6 Å². The van der Waals surface area contributed by atoms with Crippen molar-refractivity contribution in [3.8, 4) is 0 Å². The van der Waals surface area contributed by atoms with E-state index in [1.165, 1.54) is 33.8 Å². The average Bonchev–Trinajstić information content (AvgIpc) is 3.51. The Hall–Kier alpha value is -2.63. The Morgan fingerprint density at radius 2 is 1.89 bits per heavy atom. The van der Waals surface area contributed by atoms with Gasteiger partial charge in [0.2, 0.25) is 10.0 Å². The van der Waals surface area contributed by atoms with Crippen LogP contribution in [0.3, 0.4) is 0 Å². The first-order valence-corrected chi connectivity index (χ1v) is 14.0. The summed E-state index contributed by atoms with van der Waals surface area (Å²) < 4.78 is 31.9. The third-order valence-corrected chi connectivity index (χ3v) is 7.93. The molecule has 0 aliphatic carbocycles. The number of hydrogen-bond donors (Lipinski definition) is 1. The first-order valence-electron chi connectivity index (χ1n) is 12.2. The first kappa shape index (κ1) is 24.1. The van der Waals surface area contributed by atoms with Gasteiger partial charge in [-0.1, -0.05) is 12.1 Å². The molecule has 2 unspecified atom stereocenters. The number of nitrogens with one attached hydrogen (secondary N) is 1. The van der Waals surface area contributed by atoms with Crippen molar-refractivity contribution in [2.75, 3.05) is 61.8 Å². The molecule has 1 amide bonds. The summed E-state index contributed by atoms with van der Waals surface area (Å²) in [6, 6.07) is 8.18. The fourth-order valence-electron chi connectivity index (χ4n) is 5.44. The van der Waals surface area contributed by atoms with Crippen molar-refractivity contribution < 1.29 is 17.9 Å². The molecule has 10 nitrogen and oxygen atoms in total. The summed E-state index contributed by atoms with van der Waals surface area (Å²) >= 11 is 0. The SMILES string of the molecule is Cc1ccc(CN2CCN(C(=O)n3ccc(NS(C)(=O)=O)n3)C[C@H]2C)cc1N1CC2COCC2C1. The number of piperazine rings is 1. The minimum atomic E-state index is -3.44. The Bertz CT molecular complexity index is 1190. The Labute approximate surface area is 206 Å². The number of benzene rings is 1. The summed E-state index contributed by atoms with van der Waals surface area (Å²) in [6.07, 6.45) is 2.54. The Morgan fingerprint density at radius 1 is 1.14 bits per heavy atom. The molecule has 1 aromatic heterocycles. The molecule has 0 spiro atoms. The van der Waals surface area contributed by atoms with E-state index in [-0.39, 0.29) is 17.9 Å². The van der Waals surface area contributed by atoms with E-state index in [0.717, 1.165) is 45.6 Å². The lowest BCUT2D eigenvalue weighted by molar-refractivity contribution is 0.0921. The van der Waals surface area contributed by atoms with Crippen LogP contribution in [0.15, 0.2) is 30.5 Å². The van der Waals surface area contributed by atoms with Crippen LogP contribution in [0, 0.1) is 18.8 Å². The monoisotopic (exact) mass is 502 g/mol. The zero-order valence-electron chi connectivity index (χ0n) is 20.6. The number of carbonyl (C=O) groups is 1. The number of aryl methyl sites for hydroxylation is 1. The van der Waals surface area contributed by atoms with E-state index < -0.39 is 10.0 Å². The van der Waals surface area contributed by atoms with Crippen LogP contribution in [-0.2, 0) is 21.3 Å². The Morgan fingerprint density at radius 3 is 2.57 bits per heavy atom. The molecule has 3 saturated heterocycles. The number of sulfonamides is 1.